The van der Waals surface area contributed by atoms with Gasteiger partial charge in [-0.1, -0.05) is 30.3 Å². The number of para-hydroxylation sites is 1. The van der Waals surface area contributed by atoms with E-state index in [4.69, 9.17) is 10.8 Å². The fourth-order valence-electron chi connectivity index (χ4n) is 4.02. The van der Waals surface area contributed by atoms with Crippen LogP contribution in [-0.4, -0.2) is 33.2 Å². The van der Waals surface area contributed by atoms with Crippen LogP contribution in [0.3, 0.4) is 0 Å². The number of benzene rings is 2. The summed E-state index contributed by atoms with van der Waals surface area (Å²) in [5, 5.41) is 16.0. The van der Waals surface area contributed by atoms with Gasteiger partial charge in [0, 0.05) is 30.2 Å². The van der Waals surface area contributed by atoms with Gasteiger partial charge in [-0.2, -0.15) is 5.10 Å². The lowest BCUT2D eigenvalue weighted by atomic mass is 9.81. The molecule has 2 heterocycles. The first-order chi connectivity index (χ1) is 13.9. The molecule has 1 aliphatic heterocycles. The van der Waals surface area contributed by atoms with Crippen LogP contribution in [0.25, 0.3) is 5.69 Å². The van der Waals surface area contributed by atoms with E-state index in [-0.39, 0.29) is 11.6 Å². The molecule has 0 aliphatic carbocycles. The number of anilines is 1. The topological polar surface area (TPSA) is 107 Å². The Kier molecular flexibility index (Phi) is 4.63. The molecule has 0 saturated heterocycles. The molecule has 0 spiro atoms. The molecule has 0 bridgehead atoms. The Morgan fingerprint density at radius 2 is 1.90 bits per heavy atom. The number of aryl methyl sites for hydroxylation is 1. The molecule has 0 unspecified atom stereocenters. The van der Waals surface area contributed by atoms with Gasteiger partial charge in [0.25, 0.3) is 5.69 Å². The van der Waals surface area contributed by atoms with Crippen LogP contribution in [0.2, 0.25) is 0 Å². The molecule has 0 radical (unpaired) electrons. The Hall–Kier alpha value is -3.52. The molecule has 2 atom stereocenters. The smallest absolute Gasteiger partial charge is 0.269 e. The maximum absolute atomic E-state index is 13.1. The summed E-state index contributed by atoms with van der Waals surface area (Å²) in [6.45, 7) is 4.21. The van der Waals surface area contributed by atoms with Crippen molar-refractivity contribution in [1.82, 2.24) is 9.78 Å². The lowest BCUT2D eigenvalue weighted by Crippen LogP contribution is -2.51. The van der Waals surface area contributed by atoms with Gasteiger partial charge in [-0.25, -0.2) is 4.68 Å². The summed E-state index contributed by atoms with van der Waals surface area (Å²) in [4.78, 5) is 25.6. The fraction of sp³-hybridized carbons (Fsp3) is 0.238. The minimum absolute atomic E-state index is 0.0327. The van der Waals surface area contributed by atoms with Gasteiger partial charge in [0.05, 0.1) is 22.3 Å². The molecule has 2 N–H and O–H groups in total. The summed E-state index contributed by atoms with van der Waals surface area (Å²) >= 11 is 0. The van der Waals surface area contributed by atoms with Crippen molar-refractivity contribution in [2.45, 2.75) is 25.8 Å². The standard InChI is InChI=1S/C21H21N5O3/c1-3-24-20-17(13(2)23-25(20)15-9-5-4-6-10-15)18(19(22)21(24)27)14-8-7-11-16(12-14)26(28)29/h4-12,18-19H,3,22H2,1-2H3/t18-,19+/m0/s1. The molecule has 1 aromatic heterocycles. The molecule has 3 aromatic rings. The third-order valence-corrected chi connectivity index (χ3v) is 5.32. The van der Waals surface area contributed by atoms with Gasteiger partial charge in [0.1, 0.15) is 5.82 Å². The second kappa shape index (κ2) is 7.14. The monoisotopic (exact) mass is 391 g/mol. The number of fused-ring (bicyclic) bond motifs is 1. The van der Waals surface area contributed by atoms with Crippen molar-refractivity contribution in [2.75, 3.05) is 11.4 Å². The number of nitrogens with zero attached hydrogens (tertiary/aromatic N) is 4. The van der Waals surface area contributed by atoms with Crippen molar-refractivity contribution in [3.63, 3.8) is 0 Å². The summed E-state index contributed by atoms with van der Waals surface area (Å²) in [6.07, 6.45) is 0. The van der Waals surface area contributed by atoms with E-state index in [0.717, 1.165) is 16.9 Å². The van der Waals surface area contributed by atoms with E-state index in [2.05, 4.69) is 0 Å². The number of aromatic nitrogens is 2. The Labute approximate surface area is 167 Å². The van der Waals surface area contributed by atoms with Crippen molar-refractivity contribution in [2.24, 2.45) is 5.73 Å². The number of nitro benzene ring substituents is 1. The third-order valence-electron chi connectivity index (χ3n) is 5.32. The molecular weight excluding hydrogens is 370 g/mol. The number of rotatable bonds is 4. The lowest BCUT2D eigenvalue weighted by Gasteiger charge is -2.36. The SMILES string of the molecule is CCN1C(=O)[C@H](N)[C@@H](c2cccc([N+](=O)[O-])c2)c2c(C)nn(-c3ccccc3)c21. The average molecular weight is 391 g/mol. The van der Waals surface area contributed by atoms with Crippen LogP contribution >= 0.6 is 0 Å². The summed E-state index contributed by atoms with van der Waals surface area (Å²) in [7, 11) is 0. The van der Waals surface area contributed by atoms with Gasteiger partial charge in [0.2, 0.25) is 5.91 Å². The molecular formula is C21H21N5O3. The first-order valence-corrected chi connectivity index (χ1v) is 9.40. The average Bonchev–Trinajstić information content (AvgIpc) is 3.06. The van der Waals surface area contributed by atoms with Gasteiger partial charge in [0.15, 0.2) is 0 Å². The molecule has 148 valence electrons. The Bertz CT molecular complexity index is 1090. The molecule has 29 heavy (non-hydrogen) atoms. The highest BCUT2D eigenvalue weighted by molar-refractivity contribution is 6.01. The largest absolute Gasteiger partial charge is 0.319 e. The zero-order chi connectivity index (χ0) is 20.7. The maximum atomic E-state index is 13.1. The summed E-state index contributed by atoms with van der Waals surface area (Å²) in [5.74, 6) is -0.0781. The van der Waals surface area contributed by atoms with Gasteiger partial charge in [-0.05, 0) is 31.5 Å². The van der Waals surface area contributed by atoms with E-state index < -0.39 is 16.9 Å². The number of hydrogen-bond donors (Lipinski definition) is 1. The number of likely N-dealkylation sites (N-methyl/N-ethyl adjacent to an activating group) is 1. The van der Waals surface area contributed by atoms with Gasteiger partial charge < -0.3 is 5.73 Å². The molecule has 8 nitrogen and oxygen atoms in total. The summed E-state index contributed by atoms with van der Waals surface area (Å²) < 4.78 is 1.75. The number of hydrogen-bond acceptors (Lipinski definition) is 5. The molecule has 8 heteroatoms. The minimum Gasteiger partial charge on any atom is -0.319 e. The van der Waals surface area contributed by atoms with E-state index in [1.807, 2.05) is 44.2 Å². The quantitative estimate of drug-likeness (QED) is 0.543. The minimum atomic E-state index is -0.850. The summed E-state index contributed by atoms with van der Waals surface area (Å²) in [5.41, 5.74) is 9.37. The molecule has 1 aliphatic rings. The van der Waals surface area contributed by atoms with Crippen LogP contribution < -0.4 is 10.6 Å². The van der Waals surface area contributed by atoms with E-state index >= 15 is 0 Å². The van der Waals surface area contributed by atoms with Crippen molar-refractivity contribution in [3.8, 4) is 5.69 Å². The number of amides is 1. The van der Waals surface area contributed by atoms with Crippen LogP contribution in [0.5, 0.6) is 0 Å². The van der Waals surface area contributed by atoms with Crippen LogP contribution in [-0.2, 0) is 4.79 Å². The van der Waals surface area contributed by atoms with Gasteiger partial charge >= 0.3 is 0 Å². The highest BCUT2D eigenvalue weighted by atomic mass is 16.6. The van der Waals surface area contributed by atoms with Crippen molar-refractivity contribution >= 4 is 17.4 Å². The predicted octanol–water partition coefficient (Wildman–Crippen LogP) is 2.91. The van der Waals surface area contributed by atoms with Gasteiger partial charge in [-0.3, -0.25) is 19.8 Å². The molecule has 4 rings (SSSR count). The Balaban J connectivity index is 1.97. The van der Waals surface area contributed by atoms with Crippen LogP contribution in [0.15, 0.2) is 54.6 Å². The highest BCUT2D eigenvalue weighted by Crippen LogP contribution is 2.43. The van der Waals surface area contributed by atoms with E-state index in [1.54, 1.807) is 21.7 Å². The molecule has 1 amide bonds. The van der Waals surface area contributed by atoms with E-state index in [1.165, 1.54) is 12.1 Å². The summed E-state index contributed by atoms with van der Waals surface area (Å²) in [6, 6.07) is 15.0. The Morgan fingerprint density at radius 3 is 2.55 bits per heavy atom. The Morgan fingerprint density at radius 1 is 1.17 bits per heavy atom. The molecule has 0 saturated carbocycles. The third kappa shape index (κ3) is 2.98. The fourth-order valence-corrected chi connectivity index (χ4v) is 4.02. The number of carbonyl (C=O) groups excluding carboxylic acids is 1. The van der Waals surface area contributed by atoms with Crippen LogP contribution in [0, 0.1) is 17.0 Å². The zero-order valence-corrected chi connectivity index (χ0v) is 16.1. The normalized spacial score (nSPS) is 18.6. The number of non-ortho nitro benzene ring substituents is 1. The second-order valence-corrected chi connectivity index (χ2v) is 7.01. The van der Waals surface area contributed by atoms with E-state index in [9.17, 15) is 14.9 Å². The highest BCUT2D eigenvalue weighted by Gasteiger charge is 2.43. The number of carbonyl (C=O) groups is 1. The van der Waals surface area contributed by atoms with Crippen molar-refractivity contribution in [1.29, 1.82) is 0 Å². The zero-order valence-electron chi connectivity index (χ0n) is 16.1. The van der Waals surface area contributed by atoms with Crippen LogP contribution in [0.4, 0.5) is 11.5 Å². The first-order valence-electron chi connectivity index (χ1n) is 9.40. The maximum Gasteiger partial charge on any atom is 0.269 e. The molecule has 2 aromatic carbocycles. The molecule has 0 fully saturated rings. The number of nitrogens with two attached hydrogens (primary N) is 1. The predicted molar refractivity (Wildman–Crippen MR) is 109 cm³/mol. The number of nitro groups is 1. The van der Waals surface area contributed by atoms with Crippen molar-refractivity contribution in [3.05, 3.63) is 81.5 Å². The van der Waals surface area contributed by atoms with Crippen molar-refractivity contribution < 1.29 is 9.72 Å². The first kappa shape index (κ1) is 18.8. The lowest BCUT2D eigenvalue weighted by molar-refractivity contribution is -0.384. The van der Waals surface area contributed by atoms with E-state index in [0.29, 0.717) is 17.9 Å². The van der Waals surface area contributed by atoms with Gasteiger partial charge in [-0.15, -0.1) is 0 Å². The second-order valence-electron chi connectivity index (χ2n) is 7.01. The van der Waals surface area contributed by atoms with Crippen LogP contribution in [0.1, 0.15) is 29.7 Å².